The van der Waals surface area contributed by atoms with Gasteiger partial charge in [-0.15, -0.1) is 0 Å². The number of rotatable bonds is 1. The van der Waals surface area contributed by atoms with Crippen LogP contribution in [0, 0.1) is 13.8 Å². The van der Waals surface area contributed by atoms with Gasteiger partial charge in [0, 0.05) is 11.9 Å². The number of nitrogens with zero attached hydrogens (tertiary/aromatic N) is 1. The van der Waals surface area contributed by atoms with Gasteiger partial charge in [-0.3, -0.25) is 4.98 Å². The number of aryl methyl sites for hydroxylation is 2. The zero-order valence-corrected chi connectivity index (χ0v) is 9.60. The number of hydrogen-bond donors (Lipinski definition) is 0. The minimum Gasteiger partial charge on any atom is -0.262 e. The Kier molecular flexibility index (Phi) is 2.38. The predicted octanol–water partition coefficient (Wildman–Crippen LogP) is 2.24. The highest BCUT2D eigenvalue weighted by Gasteiger charge is 2.18. The smallest absolute Gasteiger partial charge is 0.0799 e. The van der Waals surface area contributed by atoms with Crippen molar-refractivity contribution in [2.75, 3.05) is 0 Å². The summed E-state index contributed by atoms with van der Waals surface area (Å²) in [6.45, 7) is 11.3. The zero-order chi connectivity index (χ0) is 9.35. The summed E-state index contributed by atoms with van der Waals surface area (Å²) < 4.78 is 0. The zero-order valence-electron chi connectivity index (χ0n) is 8.60. The molecule has 0 unspecified atom stereocenters. The fraction of sp³-hybridized carbons (Fsp3) is 0.500. The highest BCUT2D eigenvalue weighted by molar-refractivity contribution is 6.89. The maximum atomic E-state index is 4.34. The van der Waals surface area contributed by atoms with E-state index in [0.29, 0.717) is 0 Å². The Morgan fingerprint density at radius 2 is 1.75 bits per heavy atom. The fourth-order valence-electron chi connectivity index (χ4n) is 1.48. The summed E-state index contributed by atoms with van der Waals surface area (Å²) in [6.07, 6.45) is 2.05. The van der Waals surface area contributed by atoms with Crippen molar-refractivity contribution in [1.82, 2.24) is 4.98 Å². The van der Waals surface area contributed by atoms with Crippen LogP contribution < -0.4 is 5.19 Å². The Bertz CT molecular complexity index is 286. The van der Waals surface area contributed by atoms with E-state index in [1.807, 2.05) is 6.92 Å². The van der Waals surface area contributed by atoms with Crippen molar-refractivity contribution in [3.8, 4) is 0 Å². The van der Waals surface area contributed by atoms with Gasteiger partial charge in [0.2, 0.25) is 0 Å². The summed E-state index contributed by atoms with van der Waals surface area (Å²) in [6, 6.07) is 2.17. The van der Waals surface area contributed by atoms with Crippen LogP contribution in [0.1, 0.15) is 11.3 Å². The van der Waals surface area contributed by atoms with Crippen LogP contribution in [0.3, 0.4) is 0 Å². The van der Waals surface area contributed by atoms with Crippen molar-refractivity contribution in [1.29, 1.82) is 0 Å². The molecule has 0 radical (unpaired) electrons. The van der Waals surface area contributed by atoms with E-state index in [1.165, 1.54) is 10.8 Å². The minimum atomic E-state index is -1.16. The van der Waals surface area contributed by atoms with E-state index in [4.69, 9.17) is 0 Å². The first-order valence-electron chi connectivity index (χ1n) is 4.35. The van der Waals surface area contributed by atoms with E-state index in [-0.39, 0.29) is 0 Å². The monoisotopic (exact) mass is 179 g/mol. The number of pyridine rings is 1. The molecule has 0 saturated heterocycles. The molecule has 1 heterocycles. The Morgan fingerprint density at radius 1 is 1.17 bits per heavy atom. The number of aromatic nitrogens is 1. The topological polar surface area (TPSA) is 12.9 Å². The van der Waals surface area contributed by atoms with Crippen LogP contribution in [0.4, 0.5) is 0 Å². The first kappa shape index (κ1) is 9.45. The standard InChI is InChI=1S/C10H17NSi/c1-8-6-9(2)11-7-10(8)12(3,4)5/h6-7H,1-5H3. The number of hydrogen-bond acceptors (Lipinski definition) is 1. The average Bonchev–Trinajstić information content (AvgIpc) is 1.83. The molecule has 0 atom stereocenters. The Labute approximate surface area is 75.9 Å². The average molecular weight is 179 g/mol. The van der Waals surface area contributed by atoms with Crippen LogP contribution in [0.25, 0.3) is 0 Å². The lowest BCUT2D eigenvalue weighted by atomic mass is 10.2. The third kappa shape index (κ3) is 1.94. The molecule has 2 heteroatoms. The summed E-state index contributed by atoms with van der Waals surface area (Å²) in [5.41, 5.74) is 2.52. The maximum absolute atomic E-state index is 4.34. The van der Waals surface area contributed by atoms with Gasteiger partial charge in [0.15, 0.2) is 0 Å². The molecule has 0 aromatic carbocycles. The van der Waals surface area contributed by atoms with Crippen LogP contribution >= 0.6 is 0 Å². The summed E-state index contributed by atoms with van der Waals surface area (Å²) in [7, 11) is -1.16. The summed E-state index contributed by atoms with van der Waals surface area (Å²) in [5, 5.41) is 1.48. The van der Waals surface area contributed by atoms with E-state index in [0.717, 1.165) is 5.69 Å². The molecule has 0 N–H and O–H groups in total. The lowest BCUT2D eigenvalue weighted by Gasteiger charge is -2.18. The molecule has 1 rings (SSSR count). The molecule has 1 aromatic rings. The highest BCUT2D eigenvalue weighted by Crippen LogP contribution is 2.06. The predicted molar refractivity (Wildman–Crippen MR) is 56.7 cm³/mol. The second-order valence-corrected chi connectivity index (χ2v) is 9.43. The molecule has 0 fully saturated rings. The molecule has 12 heavy (non-hydrogen) atoms. The lowest BCUT2D eigenvalue weighted by Crippen LogP contribution is -2.39. The van der Waals surface area contributed by atoms with Crippen LogP contribution in [0.2, 0.25) is 19.6 Å². The van der Waals surface area contributed by atoms with Gasteiger partial charge in [0.1, 0.15) is 0 Å². The molecular weight excluding hydrogens is 162 g/mol. The van der Waals surface area contributed by atoms with E-state index in [1.54, 1.807) is 0 Å². The molecule has 1 aromatic heterocycles. The fourth-order valence-corrected chi connectivity index (χ4v) is 3.19. The van der Waals surface area contributed by atoms with Gasteiger partial charge in [-0.1, -0.05) is 19.6 Å². The van der Waals surface area contributed by atoms with Crippen molar-refractivity contribution < 1.29 is 0 Å². The van der Waals surface area contributed by atoms with Crippen LogP contribution in [-0.4, -0.2) is 13.1 Å². The van der Waals surface area contributed by atoms with E-state index < -0.39 is 8.07 Å². The maximum Gasteiger partial charge on any atom is 0.0799 e. The van der Waals surface area contributed by atoms with Crippen LogP contribution in [0.15, 0.2) is 12.3 Å². The molecule has 0 aliphatic carbocycles. The third-order valence-corrected chi connectivity index (χ3v) is 4.19. The molecule has 0 aliphatic rings. The van der Waals surface area contributed by atoms with Gasteiger partial charge in [-0.2, -0.15) is 0 Å². The summed E-state index contributed by atoms with van der Waals surface area (Å²) >= 11 is 0. The van der Waals surface area contributed by atoms with E-state index in [9.17, 15) is 0 Å². The second-order valence-electron chi connectivity index (χ2n) is 4.39. The van der Waals surface area contributed by atoms with Gasteiger partial charge in [-0.05, 0) is 30.7 Å². The summed E-state index contributed by atoms with van der Waals surface area (Å²) in [5.74, 6) is 0. The molecule has 0 aliphatic heterocycles. The largest absolute Gasteiger partial charge is 0.262 e. The van der Waals surface area contributed by atoms with Gasteiger partial charge >= 0.3 is 0 Å². The van der Waals surface area contributed by atoms with Crippen molar-refractivity contribution in [2.24, 2.45) is 0 Å². The van der Waals surface area contributed by atoms with Gasteiger partial charge in [-0.25, -0.2) is 0 Å². The van der Waals surface area contributed by atoms with E-state index in [2.05, 4.69) is 43.8 Å². The first-order chi connectivity index (χ1) is 5.41. The highest BCUT2D eigenvalue weighted by atomic mass is 28.3. The van der Waals surface area contributed by atoms with Crippen molar-refractivity contribution in [3.63, 3.8) is 0 Å². The molecule has 0 spiro atoms. The second kappa shape index (κ2) is 3.02. The first-order valence-corrected chi connectivity index (χ1v) is 7.85. The molecule has 66 valence electrons. The van der Waals surface area contributed by atoms with Crippen LogP contribution in [-0.2, 0) is 0 Å². The van der Waals surface area contributed by atoms with Crippen molar-refractivity contribution >= 4 is 13.3 Å². The lowest BCUT2D eigenvalue weighted by molar-refractivity contribution is 1.19. The normalized spacial score (nSPS) is 11.8. The SMILES string of the molecule is Cc1cc(C)c([Si](C)(C)C)cn1. The molecule has 1 nitrogen and oxygen atoms in total. The van der Waals surface area contributed by atoms with Gasteiger partial charge in [0.05, 0.1) is 8.07 Å². The van der Waals surface area contributed by atoms with Crippen molar-refractivity contribution in [3.05, 3.63) is 23.5 Å². The molecule has 0 amide bonds. The minimum absolute atomic E-state index is 1.12. The van der Waals surface area contributed by atoms with Gasteiger partial charge in [0.25, 0.3) is 0 Å². The molecule has 0 saturated carbocycles. The van der Waals surface area contributed by atoms with Gasteiger partial charge < -0.3 is 0 Å². The molecular formula is C10H17NSi. The Hall–Kier alpha value is -0.633. The van der Waals surface area contributed by atoms with Crippen LogP contribution in [0.5, 0.6) is 0 Å². The molecule has 0 bridgehead atoms. The Morgan fingerprint density at radius 3 is 2.17 bits per heavy atom. The van der Waals surface area contributed by atoms with Crippen molar-refractivity contribution in [2.45, 2.75) is 33.5 Å². The third-order valence-electron chi connectivity index (χ3n) is 2.06. The summed E-state index contributed by atoms with van der Waals surface area (Å²) in [4.78, 5) is 4.34. The van der Waals surface area contributed by atoms with E-state index >= 15 is 0 Å². The quantitative estimate of drug-likeness (QED) is 0.603. The Balaban J connectivity index is 3.19.